The SMILES string of the molecule is CCc1ccc(CNCC(O)C(N)=O)o1. The molecule has 0 saturated carbocycles. The van der Waals surface area contributed by atoms with Gasteiger partial charge in [0.1, 0.15) is 17.6 Å². The Morgan fingerprint density at radius 1 is 1.60 bits per heavy atom. The third kappa shape index (κ3) is 3.73. The van der Waals surface area contributed by atoms with Gasteiger partial charge in [0.2, 0.25) is 5.91 Å². The molecule has 0 spiro atoms. The van der Waals surface area contributed by atoms with Gasteiger partial charge in [-0.1, -0.05) is 6.92 Å². The summed E-state index contributed by atoms with van der Waals surface area (Å²) in [5, 5.41) is 12.0. The van der Waals surface area contributed by atoms with E-state index in [-0.39, 0.29) is 6.54 Å². The number of carbonyl (C=O) groups is 1. The zero-order chi connectivity index (χ0) is 11.3. The van der Waals surface area contributed by atoms with Crippen molar-refractivity contribution in [2.75, 3.05) is 6.54 Å². The van der Waals surface area contributed by atoms with E-state index in [2.05, 4.69) is 5.32 Å². The fraction of sp³-hybridized carbons (Fsp3) is 0.500. The number of rotatable bonds is 6. The topological polar surface area (TPSA) is 88.5 Å². The Morgan fingerprint density at radius 2 is 2.27 bits per heavy atom. The summed E-state index contributed by atoms with van der Waals surface area (Å²) in [4.78, 5) is 10.5. The molecule has 0 radical (unpaired) electrons. The first-order valence-electron chi connectivity index (χ1n) is 4.89. The van der Waals surface area contributed by atoms with Crippen molar-refractivity contribution in [2.45, 2.75) is 26.0 Å². The molecular weight excluding hydrogens is 196 g/mol. The van der Waals surface area contributed by atoms with E-state index in [0.29, 0.717) is 6.54 Å². The van der Waals surface area contributed by atoms with Crippen LogP contribution in [0.2, 0.25) is 0 Å². The lowest BCUT2D eigenvalue weighted by atomic mass is 10.3. The van der Waals surface area contributed by atoms with Crippen LogP contribution in [0, 0.1) is 0 Å². The van der Waals surface area contributed by atoms with Gasteiger partial charge < -0.3 is 20.6 Å². The molecule has 0 saturated heterocycles. The van der Waals surface area contributed by atoms with Crippen LogP contribution in [0.3, 0.4) is 0 Å². The van der Waals surface area contributed by atoms with Crippen molar-refractivity contribution in [3.63, 3.8) is 0 Å². The normalized spacial score (nSPS) is 12.7. The number of aryl methyl sites for hydroxylation is 1. The maximum atomic E-state index is 10.5. The lowest BCUT2D eigenvalue weighted by Crippen LogP contribution is -2.37. The molecule has 0 bridgehead atoms. The monoisotopic (exact) mass is 212 g/mol. The molecule has 84 valence electrons. The van der Waals surface area contributed by atoms with Crippen LogP contribution >= 0.6 is 0 Å². The van der Waals surface area contributed by atoms with Crippen molar-refractivity contribution in [3.8, 4) is 0 Å². The highest BCUT2D eigenvalue weighted by molar-refractivity contribution is 5.78. The molecule has 1 unspecified atom stereocenters. The quantitative estimate of drug-likeness (QED) is 0.608. The molecular formula is C10H16N2O3. The Kier molecular flexibility index (Phi) is 4.33. The number of furan rings is 1. The fourth-order valence-electron chi connectivity index (χ4n) is 1.14. The molecule has 5 heteroatoms. The van der Waals surface area contributed by atoms with E-state index < -0.39 is 12.0 Å². The molecule has 1 aromatic rings. The van der Waals surface area contributed by atoms with Gasteiger partial charge in [0.25, 0.3) is 0 Å². The van der Waals surface area contributed by atoms with Crippen molar-refractivity contribution in [1.82, 2.24) is 5.32 Å². The van der Waals surface area contributed by atoms with Crippen LogP contribution in [0.1, 0.15) is 18.4 Å². The average molecular weight is 212 g/mol. The zero-order valence-corrected chi connectivity index (χ0v) is 8.69. The average Bonchev–Trinajstić information content (AvgIpc) is 2.65. The Morgan fingerprint density at radius 3 is 2.80 bits per heavy atom. The molecule has 1 heterocycles. The zero-order valence-electron chi connectivity index (χ0n) is 8.69. The Labute approximate surface area is 88.3 Å². The number of amides is 1. The number of aliphatic hydroxyl groups is 1. The van der Waals surface area contributed by atoms with Gasteiger partial charge in [-0.05, 0) is 12.1 Å². The van der Waals surface area contributed by atoms with Crippen LogP contribution in [0.5, 0.6) is 0 Å². The number of nitrogens with two attached hydrogens (primary N) is 1. The standard InChI is InChI=1S/C10H16N2O3/c1-2-7-3-4-8(15-7)5-12-6-9(13)10(11)14/h3-4,9,12-13H,2,5-6H2,1H3,(H2,11,14). The summed E-state index contributed by atoms with van der Waals surface area (Å²) in [5.74, 6) is 0.974. The molecule has 0 fully saturated rings. The third-order valence-corrected chi connectivity index (χ3v) is 2.03. The predicted octanol–water partition coefficient (Wildman–Crippen LogP) is -0.222. The second-order valence-corrected chi connectivity index (χ2v) is 3.27. The second kappa shape index (κ2) is 5.53. The van der Waals surface area contributed by atoms with Crippen molar-refractivity contribution in [1.29, 1.82) is 0 Å². The van der Waals surface area contributed by atoms with Gasteiger partial charge in [0.15, 0.2) is 0 Å². The molecule has 0 aliphatic rings. The molecule has 1 rings (SSSR count). The van der Waals surface area contributed by atoms with E-state index in [0.717, 1.165) is 17.9 Å². The molecule has 0 aliphatic heterocycles. The Balaban J connectivity index is 2.28. The number of hydrogen-bond acceptors (Lipinski definition) is 4. The summed E-state index contributed by atoms with van der Waals surface area (Å²) in [6.45, 7) is 2.62. The predicted molar refractivity (Wildman–Crippen MR) is 55.0 cm³/mol. The smallest absolute Gasteiger partial charge is 0.247 e. The number of hydrogen-bond donors (Lipinski definition) is 3. The maximum Gasteiger partial charge on any atom is 0.247 e. The molecule has 4 N–H and O–H groups in total. The summed E-state index contributed by atoms with van der Waals surface area (Å²) >= 11 is 0. The Bertz CT molecular complexity index is 322. The van der Waals surface area contributed by atoms with Crippen molar-refractivity contribution in [3.05, 3.63) is 23.7 Å². The minimum Gasteiger partial charge on any atom is -0.465 e. The third-order valence-electron chi connectivity index (χ3n) is 2.03. The van der Waals surface area contributed by atoms with Crippen molar-refractivity contribution in [2.24, 2.45) is 5.73 Å². The van der Waals surface area contributed by atoms with E-state index in [9.17, 15) is 4.79 Å². The summed E-state index contributed by atoms with van der Waals surface area (Å²) in [6.07, 6.45) is -0.296. The van der Waals surface area contributed by atoms with E-state index in [1.807, 2.05) is 19.1 Å². The van der Waals surface area contributed by atoms with Crippen LogP contribution < -0.4 is 11.1 Å². The second-order valence-electron chi connectivity index (χ2n) is 3.27. The number of carbonyl (C=O) groups excluding carboxylic acids is 1. The summed E-state index contributed by atoms with van der Waals surface area (Å²) in [7, 11) is 0. The maximum absolute atomic E-state index is 10.5. The van der Waals surface area contributed by atoms with Crippen molar-refractivity contribution < 1.29 is 14.3 Å². The van der Waals surface area contributed by atoms with Crippen molar-refractivity contribution >= 4 is 5.91 Å². The molecule has 1 amide bonds. The van der Waals surface area contributed by atoms with Crippen LogP contribution in [0.4, 0.5) is 0 Å². The van der Waals surface area contributed by atoms with E-state index in [1.165, 1.54) is 0 Å². The van der Waals surface area contributed by atoms with Crippen LogP contribution in [-0.4, -0.2) is 23.7 Å². The fourth-order valence-corrected chi connectivity index (χ4v) is 1.14. The minimum absolute atomic E-state index is 0.136. The van der Waals surface area contributed by atoms with E-state index in [1.54, 1.807) is 0 Å². The van der Waals surface area contributed by atoms with Gasteiger partial charge >= 0.3 is 0 Å². The number of primary amides is 1. The van der Waals surface area contributed by atoms with Gasteiger partial charge in [0.05, 0.1) is 6.54 Å². The van der Waals surface area contributed by atoms with Gasteiger partial charge in [-0.3, -0.25) is 4.79 Å². The lowest BCUT2D eigenvalue weighted by Gasteiger charge is -2.06. The van der Waals surface area contributed by atoms with E-state index in [4.69, 9.17) is 15.3 Å². The first kappa shape index (κ1) is 11.7. The van der Waals surface area contributed by atoms with E-state index >= 15 is 0 Å². The van der Waals surface area contributed by atoms with Crippen LogP contribution in [-0.2, 0) is 17.8 Å². The van der Waals surface area contributed by atoms with Gasteiger partial charge in [0, 0.05) is 13.0 Å². The molecule has 1 atom stereocenters. The van der Waals surface area contributed by atoms with Gasteiger partial charge in [-0.15, -0.1) is 0 Å². The highest BCUT2D eigenvalue weighted by Crippen LogP contribution is 2.07. The number of aliphatic hydroxyl groups excluding tert-OH is 1. The first-order chi connectivity index (χ1) is 7.13. The summed E-state index contributed by atoms with van der Waals surface area (Å²) < 4.78 is 5.41. The first-order valence-corrected chi connectivity index (χ1v) is 4.89. The van der Waals surface area contributed by atoms with Gasteiger partial charge in [-0.2, -0.15) is 0 Å². The van der Waals surface area contributed by atoms with Crippen LogP contribution in [0.25, 0.3) is 0 Å². The minimum atomic E-state index is -1.15. The molecule has 0 aliphatic carbocycles. The molecule has 0 aromatic carbocycles. The largest absolute Gasteiger partial charge is 0.465 e. The Hall–Kier alpha value is -1.33. The highest BCUT2D eigenvalue weighted by Gasteiger charge is 2.09. The number of nitrogens with one attached hydrogen (secondary N) is 1. The lowest BCUT2D eigenvalue weighted by molar-refractivity contribution is -0.125. The summed E-state index contributed by atoms with van der Waals surface area (Å²) in [6, 6.07) is 3.77. The highest BCUT2D eigenvalue weighted by atomic mass is 16.3. The summed E-state index contributed by atoms with van der Waals surface area (Å²) in [5.41, 5.74) is 4.89. The molecule has 15 heavy (non-hydrogen) atoms. The van der Waals surface area contributed by atoms with Crippen LogP contribution in [0.15, 0.2) is 16.5 Å². The van der Waals surface area contributed by atoms with Gasteiger partial charge in [-0.25, -0.2) is 0 Å². The molecule has 5 nitrogen and oxygen atoms in total. The molecule has 1 aromatic heterocycles.